The molecule has 4 rings (SSSR count). The molecule has 3 aromatic rings. The van der Waals surface area contributed by atoms with E-state index >= 15 is 0 Å². The number of nitrogens with zero attached hydrogens (tertiary/aromatic N) is 2. The SMILES string of the molecule is O=S(=O)(Nc1nc(-c2ccccc2)c(CN2CCOCC2)s1)c1ccccc1. The molecule has 2 aromatic carbocycles. The van der Waals surface area contributed by atoms with Crippen LogP contribution in [0.25, 0.3) is 11.3 Å². The predicted octanol–water partition coefficient (Wildman–Crippen LogP) is 3.44. The molecule has 1 aromatic heterocycles. The van der Waals surface area contributed by atoms with Crippen LogP contribution in [-0.4, -0.2) is 44.6 Å². The normalized spacial score (nSPS) is 15.4. The fraction of sp³-hybridized carbons (Fsp3) is 0.250. The van der Waals surface area contributed by atoms with Gasteiger partial charge in [0.1, 0.15) is 0 Å². The van der Waals surface area contributed by atoms with E-state index in [9.17, 15) is 8.42 Å². The molecule has 28 heavy (non-hydrogen) atoms. The second-order valence-corrected chi connectivity index (χ2v) is 9.23. The Morgan fingerprint density at radius 3 is 2.32 bits per heavy atom. The molecular weight excluding hydrogens is 394 g/mol. The molecule has 6 nitrogen and oxygen atoms in total. The zero-order valence-corrected chi connectivity index (χ0v) is 16.9. The number of anilines is 1. The first kappa shape index (κ1) is 19.1. The molecule has 0 radical (unpaired) electrons. The van der Waals surface area contributed by atoms with Crippen molar-refractivity contribution in [3.05, 3.63) is 65.5 Å². The monoisotopic (exact) mass is 415 g/mol. The zero-order chi connectivity index (χ0) is 19.4. The molecule has 2 heterocycles. The summed E-state index contributed by atoms with van der Waals surface area (Å²) in [5.74, 6) is 0. The van der Waals surface area contributed by atoms with Crippen LogP contribution in [0.2, 0.25) is 0 Å². The van der Waals surface area contributed by atoms with Crippen LogP contribution in [0.1, 0.15) is 4.88 Å². The summed E-state index contributed by atoms with van der Waals surface area (Å²) in [5, 5.41) is 0.381. The minimum Gasteiger partial charge on any atom is -0.379 e. The van der Waals surface area contributed by atoms with Gasteiger partial charge < -0.3 is 4.74 Å². The third-order valence-corrected chi connectivity index (χ3v) is 6.93. The van der Waals surface area contributed by atoms with Crippen molar-refractivity contribution in [2.24, 2.45) is 0 Å². The van der Waals surface area contributed by atoms with E-state index in [1.165, 1.54) is 11.3 Å². The summed E-state index contributed by atoms with van der Waals surface area (Å²) in [5.41, 5.74) is 1.80. The van der Waals surface area contributed by atoms with Crippen molar-refractivity contribution in [3.8, 4) is 11.3 Å². The number of aromatic nitrogens is 1. The van der Waals surface area contributed by atoms with Crippen LogP contribution in [0, 0.1) is 0 Å². The number of rotatable bonds is 6. The van der Waals surface area contributed by atoms with Crippen molar-refractivity contribution < 1.29 is 13.2 Å². The molecule has 1 fully saturated rings. The van der Waals surface area contributed by atoms with Crippen molar-refractivity contribution in [3.63, 3.8) is 0 Å². The molecule has 146 valence electrons. The molecule has 0 spiro atoms. The first-order valence-corrected chi connectivity index (χ1v) is 11.3. The number of benzene rings is 2. The van der Waals surface area contributed by atoms with E-state index in [0.29, 0.717) is 18.3 Å². The predicted molar refractivity (Wildman–Crippen MR) is 111 cm³/mol. The van der Waals surface area contributed by atoms with Gasteiger partial charge in [0, 0.05) is 30.1 Å². The van der Waals surface area contributed by atoms with Gasteiger partial charge in [-0.05, 0) is 12.1 Å². The van der Waals surface area contributed by atoms with E-state index in [1.54, 1.807) is 30.3 Å². The topological polar surface area (TPSA) is 71.5 Å². The van der Waals surface area contributed by atoms with Crippen molar-refractivity contribution in [2.45, 2.75) is 11.4 Å². The molecule has 0 bridgehead atoms. The van der Waals surface area contributed by atoms with E-state index in [2.05, 4.69) is 14.6 Å². The van der Waals surface area contributed by atoms with Gasteiger partial charge in [-0.1, -0.05) is 59.9 Å². The van der Waals surface area contributed by atoms with E-state index in [4.69, 9.17) is 4.74 Å². The molecule has 8 heteroatoms. The van der Waals surface area contributed by atoms with Crippen LogP contribution in [0.4, 0.5) is 5.13 Å². The Labute approximate surface area is 168 Å². The highest BCUT2D eigenvalue weighted by molar-refractivity contribution is 7.93. The first-order valence-electron chi connectivity index (χ1n) is 9.05. The standard InChI is InChI=1S/C20H21N3O3S2/c24-28(25,17-9-5-2-6-10-17)22-20-21-19(16-7-3-1-4-8-16)18(27-20)15-23-11-13-26-14-12-23/h1-10H,11-15H2,(H,21,22). The quantitative estimate of drug-likeness (QED) is 0.668. The minimum absolute atomic E-state index is 0.223. The third-order valence-electron chi connectivity index (χ3n) is 4.49. The fourth-order valence-corrected chi connectivity index (χ4v) is 5.34. The lowest BCUT2D eigenvalue weighted by Gasteiger charge is -2.26. The smallest absolute Gasteiger partial charge is 0.263 e. The van der Waals surface area contributed by atoms with Crippen molar-refractivity contribution in [2.75, 3.05) is 31.0 Å². The lowest BCUT2D eigenvalue weighted by molar-refractivity contribution is 0.0347. The summed E-state index contributed by atoms with van der Waals surface area (Å²) in [7, 11) is -3.67. The summed E-state index contributed by atoms with van der Waals surface area (Å²) in [6.07, 6.45) is 0. The van der Waals surface area contributed by atoms with Crippen LogP contribution in [0.5, 0.6) is 0 Å². The molecule has 0 aliphatic carbocycles. The fourth-order valence-electron chi connectivity index (χ4n) is 3.06. The lowest BCUT2D eigenvalue weighted by atomic mass is 10.1. The maximum atomic E-state index is 12.7. The molecule has 1 aliphatic rings. The van der Waals surface area contributed by atoms with Crippen LogP contribution in [-0.2, 0) is 21.3 Å². The zero-order valence-electron chi connectivity index (χ0n) is 15.2. The highest BCUT2D eigenvalue weighted by Gasteiger charge is 2.21. The first-order chi connectivity index (χ1) is 13.6. The van der Waals surface area contributed by atoms with Crippen LogP contribution >= 0.6 is 11.3 Å². The highest BCUT2D eigenvalue weighted by Crippen LogP contribution is 2.33. The highest BCUT2D eigenvalue weighted by atomic mass is 32.2. The Balaban J connectivity index is 1.65. The third kappa shape index (κ3) is 4.41. The summed E-state index contributed by atoms with van der Waals surface area (Å²) >= 11 is 1.39. The van der Waals surface area contributed by atoms with Crippen molar-refractivity contribution >= 4 is 26.5 Å². The van der Waals surface area contributed by atoms with Gasteiger partial charge in [-0.3, -0.25) is 9.62 Å². The average molecular weight is 416 g/mol. The summed E-state index contributed by atoms with van der Waals surface area (Å²) in [6, 6.07) is 18.2. The molecule has 1 saturated heterocycles. The number of ether oxygens (including phenoxy) is 1. The summed E-state index contributed by atoms with van der Waals surface area (Å²) < 4.78 is 33.4. The van der Waals surface area contributed by atoms with Crippen LogP contribution < -0.4 is 4.72 Å². The molecule has 1 N–H and O–H groups in total. The second-order valence-electron chi connectivity index (χ2n) is 6.46. The maximum Gasteiger partial charge on any atom is 0.263 e. The van der Waals surface area contributed by atoms with Gasteiger partial charge in [0.05, 0.1) is 23.8 Å². The lowest BCUT2D eigenvalue weighted by Crippen LogP contribution is -2.35. The Morgan fingerprint density at radius 1 is 1.00 bits per heavy atom. The number of hydrogen-bond acceptors (Lipinski definition) is 6. The van der Waals surface area contributed by atoms with E-state index < -0.39 is 10.0 Å². The van der Waals surface area contributed by atoms with Crippen LogP contribution in [0.15, 0.2) is 65.6 Å². The maximum absolute atomic E-state index is 12.7. The molecule has 1 aliphatic heterocycles. The Morgan fingerprint density at radius 2 is 1.64 bits per heavy atom. The molecule has 0 amide bonds. The van der Waals surface area contributed by atoms with Gasteiger partial charge in [-0.15, -0.1) is 0 Å². The van der Waals surface area contributed by atoms with E-state index in [0.717, 1.165) is 35.8 Å². The molecule has 0 unspecified atom stereocenters. The Bertz CT molecular complexity index is 1020. The molecule has 0 atom stereocenters. The molecular formula is C20H21N3O3S2. The van der Waals surface area contributed by atoms with Gasteiger partial charge in [0.15, 0.2) is 5.13 Å². The van der Waals surface area contributed by atoms with Crippen molar-refractivity contribution in [1.82, 2.24) is 9.88 Å². The summed E-state index contributed by atoms with van der Waals surface area (Å²) in [6.45, 7) is 3.87. The number of hydrogen-bond donors (Lipinski definition) is 1. The Hall–Kier alpha value is -2.26. The number of nitrogens with one attached hydrogen (secondary N) is 1. The van der Waals surface area contributed by atoms with Gasteiger partial charge in [-0.25, -0.2) is 13.4 Å². The van der Waals surface area contributed by atoms with E-state index in [-0.39, 0.29) is 4.90 Å². The largest absolute Gasteiger partial charge is 0.379 e. The van der Waals surface area contributed by atoms with Crippen LogP contribution in [0.3, 0.4) is 0 Å². The summed E-state index contributed by atoms with van der Waals surface area (Å²) in [4.78, 5) is 8.20. The number of sulfonamides is 1. The van der Waals surface area contributed by atoms with Crippen molar-refractivity contribution in [1.29, 1.82) is 0 Å². The van der Waals surface area contributed by atoms with Gasteiger partial charge in [0.25, 0.3) is 10.0 Å². The van der Waals surface area contributed by atoms with Gasteiger partial charge in [0.2, 0.25) is 0 Å². The second kappa shape index (κ2) is 8.40. The average Bonchev–Trinajstić information content (AvgIpc) is 3.11. The number of thiazole rings is 1. The minimum atomic E-state index is -3.67. The Kier molecular flexibility index (Phi) is 5.72. The number of morpholine rings is 1. The van der Waals surface area contributed by atoms with Gasteiger partial charge in [-0.2, -0.15) is 0 Å². The van der Waals surface area contributed by atoms with E-state index in [1.807, 2.05) is 30.3 Å². The van der Waals surface area contributed by atoms with Gasteiger partial charge >= 0.3 is 0 Å². The molecule has 0 saturated carbocycles.